The highest BCUT2D eigenvalue weighted by molar-refractivity contribution is 5.76. The van der Waals surface area contributed by atoms with Gasteiger partial charge in [-0.25, -0.2) is 4.98 Å². The van der Waals surface area contributed by atoms with Gasteiger partial charge in [0.2, 0.25) is 0 Å². The Morgan fingerprint density at radius 2 is 2.00 bits per heavy atom. The molecule has 0 radical (unpaired) electrons. The normalized spacial score (nSPS) is 16.9. The van der Waals surface area contributed by atoms with Gasteiger partial charge < -0.3 is 4.98 Å². The van der Waals surface area contributed by atoms with Gasteiger partial charge in [0.05, 0.1) is 0 Å². The summed E-state index contributed by atoms with van der Waals surface area (Å²) in [6.45, 7) is 3.44. The Labute approximate surface area is 114 Å². The Hall–Kier alpha value is -1.87. The molecule has 2 heterocycles. The summed E-state index contributed by atoms with van der Waals surface area (Å²) in [6, 6.07) is 10.5. The van der Waals surface area contributed by atoms with Crippen LogP contribution in [0.1, 0.15) is 24.2 Å². The van der Waals surface area contributed by atoms with E-state index in [0.29, 0.717) is 0 Å². The maximum atomic E-state index is 4.40. The zero-order valence-electron chi connectivity index (χ0n) is 11.0. The molecule has 1 aromatic heterocycles. The molecule has 1 saturated heterocycles. The van der Waals surface area contributed by atoms with Gasteiger partial charge in [-0.05, 0) is 31.5 Å². The first-order valence-electron chi connectivity index (χ1n) is 6.91. The lowest BCUT2D eigenvalue weighted by molar-refractivity contribution is 0.377. The lowest BCUT2D eigenvalue weighted by Gasteiger charge is -2.13. The molecule has 1 N–H and O–H groups in total. The van der Waals surface area contributed by atoms with Crippen molar-refractivity contribution in [3.8, 4) is 0 Å². The smallest absolute Gasteiger partial charge is 0.137 e. The number of imidazole rings is 1. The monoisotopic (exact) mass is 253 g/mol. The maximum Gasteiger partial charge on any atom is 0.137 e. The van der Waals surface area contributed by atoms with Gasteiger partial charge in [-0.15, -0.1) is 0 Å². The van der Waals surface area contributed by atoms with E-state index in [4.69, 9.17) is 0 Å². The second-order valence-corrected chi connectivity index (χ2v) is 4.93. The molecule has 0 unspecified atom stereocenters. The Bertz CT molecular complexity index is 522. The first-order chi connectivity index (χ1) is 9.43. The highest BCUT2D eigenvalue weighted by atomic mass is 15.1. The van der Waals surface area contributed by atoms with Crippen LogP contribution in [0.4, 0.5) is 0 Å². The van der Waals surface area contributed by atoms with Crippen molar-refractivity contribution in [1.29, 1.82) is 0 Å². The van der Waals surface area contributed by atoms with Crippen molar-refractivity contribution in [2.75, 3.05) is 19.6 Å². The van der Waals surface area contributed by atoms with Gasteiger partial charge in [-0.2, -0.15) is 0 Å². The van der Waals surface area contributed by atoms with E-state index in [1.165, 1.54) is 37.1 Å². The molecule has 0 amide bonds. The van der Waals surface area contributed by atoms with Gasteiger partial charge in [-0.3, -0.25) is 4.90 Å². The summed E-state index contributed by atoms with van der Waals surface area (Å²) < 4.78 is 0. The minimum atomic E-state index is 0.949. The third kappa shape index (κ3) is 2.93. The Morgan fingerprint density at radius 3 is 2.68 bits per heavy atom. The number of aromatic amines is 1. The highest BCUT2D eigenvalue weighted by Crippen LogP contribution is 2.20. The van der Waals surface area contributed by atoms with Crippen LogP contribution in [0.3, 0.4) is 0 Å². The molecule has 1 fully saturated rings. The summed E-state index contributed by atoms with van der Waals surface area (Å²) in [5.41, 5.74) is 2.41. The van der Waals surface area contributed by atoms with E-state index in [1.807, 2.05) is 18.5 Å². The number of aromatic nitrogens is 2. The Morgan fingerprint density at radius 1 is 1.21 bits per heavy atom. The molecule has 0 spiro atoms. The number of likely N-dealkylation sites (tertiary alicyclic amines) is 1. The molecule has 0 aliphatic carbocycles. The van der Waals surface area contributed by atoms with E-state index in [0.717, 1.165) is 12.4 Å². The number of nitrogens with one attached hydrogen (secondary N) is 1. The zero-order chi connectivity index (χ0) is 12.9. The largest absolute Gasteiger partial charge is 0.345 e. The van der Waals surface area contributed by atoms with E-state index >= 15 is 0 Å². The summed E-state index contributed by atoms with van der Waals surface area (Å²) >= 11 is 0. The predicted octanol–water partition coefficient (Wildman–Crippen LogP) is 2.94. The lowest BCUT2D eigenvalue weighted by Crippen LogP contribution is -2.19. The third-order valence-corrected chi connectivity index (χ3v) is 3.59. The summed E-state index contributed by atoms with van der Waals surface area (Å²) in [5, 5.41) is 0. The minimum Gasteiger partial charge on any atom is -0.345 e. The highest BCUT2D eigenvalue weighted by Gasteiger charge is 2.12. The van der Waals surface area contributed by atoms with E-state index in [2.05, 4.69) is 45.2 Å². The average Bonchev–Trinajstić information content (AvgIpc) is 3.13. The van der Waals surface area contributed by atoms with Crippen LogP contribution in [-0.4, -0.2) is 34.5 Å². The summed E-state index contributed by atoms with van der Waals surface area (Å²) in [4.78, 5) is 10.1. The SMILES string of the molecule is C(/CN1CCCC1)=C(\c1ccccc1)c1ncc[nH]1. The molecule has 2 aromatic rings. The fourth-order valence-corrected chi connectivity index (χ4v) is 2.57. The van der Waals surface area contributed by atoms with Crippen molar-refractivity contribution in [2.45, 2.75) is 12.8 Å². The zero-order valence-corrected chi connectivity index (χ0v) is 11.0. The van der Waals surface area contributed by atoms with Crippen molar-refractivity contribution < 1.29 is 0 Å². The van der Waals surface area contributed by atoms with Crippen LogP contribution in [0.25, 0.3) is 5.57 Å². The van der Waals surface area contributed by atoms with Crippen LogP contribution in [0.5, 0.6) is 0 Å². The molecule has 3 nitrogen and oxygen atoms in total. The molecule has 1 aliphatic rings. The molecule has 1 aromatic carbocycles. The quantitative estimate of drug-likeness (QED) is 0.908. The second-order valence-electron chi connectivity index (χ2n) is 4.93. The van der Waals surface area contributed by atoms with Gasteiger partial charge in [0.15, 0.2) is 0 Å². The average molecular weight is 253 g/mol. The van der Waals surface area contributed by atoms with Crippen LogP contribution < -0.4 is 0 Å². The van der Waals surface area contributed by atoms with E-state index < -0.39 is 0 Å². The van der Waals surface area contributed by atoms with E-state index in [1.54, 1.807) is 0 Å². The number of nitrogens with zero attached hydrogens (tertiary/aromatic N) is 2. The van der Waals surface area contributed by atoms with Crippen molar-refractivity contribution in [1.82, 2.24) is 14.9 Å². The molecule has 0 bridgehead atoms. The lowest BCUT2D eigenvalue weighted by atomic mass is 10.1. The molecular weight excluding hydrogens is 234 g/mol. The van der Waals surface area contributed by atoms with Crippen molar-refractivity contribution in [3.05, 3.63) is 60.2 Å². The summed E-state index contributed by atoms with van der Waals surface area (Å²) in [7, 11) is 0. The molecule has 3 heteroatoms. The van der Waals surface area contributed by atoms with Gasteiger partial charge >= 0.3 is 0 Å². The number of hydrogen-bond donors (Lipinski definition) is 1. The predicted molar refractivity (Wildman–Crippen MR) is 77.8 cm³/mol. The van der Waals surface area contributed by atoms with Crippen LogP contribution in [0.15, 0.2) is 48.8 Å². The van der Waals surface area contributed by atoms with Crippen LogP contribution in [0.2, 0.25) is 0 Å². The minimum absolute atomic E-state index is 0.949. The van der Waals surface area contributed by atoms with Gasteiger partial charge in [0.25, 0.3) is 0 Å². The molecule has 0 atom stereocenters. The molecule has 98 valence electrons. The molecule has 19 heavy (non-hydrogen) atoms. The van der Waals surface area contributed by atoms with Gasteiger partial charge in [0, 0.05) is 24.5 Å². The fourth-order valence-electron chi connectivity index (χ4n) is 2.57. The maximum absolute atomic E-state index is 4.40. The molecular formula is C16H19N3. The van der Waals surface area contributed by atoms with Gasteiger partial charge in [0.1, 0.15) is 5.82 Å². The Kier molecular flexibility index (Phi) is 3.75. The molecule has 0 saturated carbocycles. The topological polar surface area (TPSA) is 31.9 Å². The van der Waals surface area contributed by atoms with Crippen molar-refractivity contribution in [2.24, 2.45) is 0 Å². The van der Waals surface area contributed by atoms with Crippen molar-refractivity contribution >= 4 is 5.57 Å². The first kappa shape index (κ1) is 12.2. The Balaban J connectivity index is 1.86. The summed E-state index contributed by atoms with van der Waals surface area (Å²) in [5.74, 6) is 0.949. The number of hydrogen-bond acceptors (Lipinski definition) is 2. The van der Waals surface area contributed by atoms with Crippen LogP contribution in [-0.2, 0) is 0 Å². The van der Waals surface area contributed by atoms with Crippen LogP contribution >= 0.6 is 0 Å². The number of H-pyrrole nitrogens is 1. The molecule has 3 rings (SSSR count). The summed E-state index contributed by atoms with van der Waals surface area (Å²) in [6.07, 6.45) is 8.63. The van der Waals surface area contributed by atoms with E-state index in [-0.39, 0.29) is 0 Å². The second kappa shape index (κ2) is 5.85. The fraction of sp³-hybridized carbons (Fsp3) is 0.312. The number of benzene rings is 1. The van der Waals surface area contributed by atoms with Crippen LogP contribution in [0, 0.1) is 0 Å². The standard InChI is InChI=1S/C16H19N3/c1-2-6-14(7-3-1)15(16-17-9-10-18-16)8-13-19-11-4-5-12-19/h1-3,6-10H,4-5,11-13H2,(H,17,18)/b15-8-. The first-order valence-corrected chi connectivity index (χ1v) is 6.91. The van der Waals surface area contributed by atoms with Crippen molar-refractivity contribution in [3.63, 3.8) is 0 Å². The molecule has 1 aliphatic heterocycles. The third-order valence-electron chi connectivity index (χ3n) is 3.59. The van der Waals surface area contributed by atoms with Gasteiger partial charge in [-0.1, -0.05) is 36.4 Å². The van der Waals surface area contributed by atoms with E-state index in [9.17, 15) is 0 Å². The number of rotatable bonds is 4.